The lowest BCUT2D eigenvalue weighted by atomic mass is 9.77. The normalized spacial score (nSPS) is 28.3. The van der Waals surface area contributed by atoms with E-state index in [9.17, 15) is 5.11 Å². The van der Waals surface area contributed by atoms with Gasteiger partial charge in [0.05, 0.1) is 18.7 Å². The number of hydrogen-bond acceptors (Lipinski definition) is 5. The van der Waals surface area contributed by atoms with Gasteiger partial charge in [0.15, 0.2) is 0 Å². The van der Waals surface area contributed by atoms with Crippen molar-refractivity contribution in [3.63, 3.8) is 0 Å². The van der Waals surface area contributed by atoms with E-state index in [1.54, 1.807) is 11.3 Å². The molecule has 5 rings (SSSR count). The van der Waals surface area contributed by atoms with E-state index in [0.29, 0.717) is 11.8 Å². The summed E-state index contributed by atoms with van der Waals surface area (Å²) in [5, 5.41) is 14.2. The molecular formula is C21H24N4OS. The molecule has 0 spiro atoms. The van der Waals surface area contributed by atoms with Gasteiger partial charge in [0.25, 0.3) is 0 Å². The molecule has 1 saturated heterocycles. The molecule has 0 radical (unpaired) electrons. The Morgan fingerprint density at radius 1 is 1.04 bits per heavy atom. The zero-order chi connectivity index (χ0) is 18.2. The Morgan fingerprint density at radius 2 is 1.85 bits per heavy atom. The molecule has 2 fully saturated rings. The van der Waals surface area contributed by atoms with Crippen molar-refractivity contribution in [2.45, 2.75) is 31.5 Å². The molecule has 3 heterocycles. The average Bonchev–Trinajstić information content (AvgIpc) is 3.42. The minimum absolute atomic E-state index is 0.101. The minimum atomic E-state index is -0.317. The Labute approximate surface area is 163 Å². The van der Waals surface area contributed by atoms with Crippen LogP contribution in [0.2, 0.25) is 0 Å². The number of thiazole rings is 1. The van der Waals surface area contributed by atoms with Crippen LogP contribution in [-0.2, 0) is 6.54 Å². The van der Waals surface area contributed by atoms with Crippen LogP contribution in [0.4, 0.5) is 0 Å². The molecule has 27 heavy (non-hydrogen) atoms. The van der Waals surface area contributed by atoms with Crippen molar-refractivity contribution in [2.75, 3.05) is 13.1 Å². The standard InChI is InChI=1S/C21H24N4OS/c26-19-11-17-13-24(14-20-22-7-9-27-20)12-16(17)10-18(19)25-8-6-23-21(25)15-4-2-1-3-5-15/h1-9,16-19,26H,10-14H2/t16-,17+,18-,19-/m0/s1. The van der Waals surface area contributed by atoms with E-state index >= 15 is 0 Å². The van der Waals surface area contributed by atoms with E-state index < -0.39 is 0 Å². The van der Waals surface area contributed by atoms with Crippen molar-refractivity contribution in [3.05, 3.63) is 59.3 Å². The van der Waals surface area contributed by atoms with E-state index in [2.05, 4.69) is 31.6 Å². The predicted molar refractivity (Wildman–Crippen MR) is 106 cm³/mol. The molecule has 2 aromatic heterocycles. The van der Waals surface area contributed by atoms with Crippen LogP contribution < -0.4 is 0 Å². The smallest absolute Gasteiger partial charge is 0.140 e. The lowest BCUT2D eigenvalue weighted by Crippen LogP contribution is -2.36. The van der Waals surface area contributed by atoms with E-state index in [1.807, 2.05) is 42.2 Å². The van der Waals surface area contributed by atoms with Gasteiger partial charge >= 0.3 is 0 Å². The van der Waals surface area contributed by atoms with Crippen LogP contribution in [-0.4, -0.2) is 43.7 Å². The third-order valence-electron chi connectivity index (χ3n) is 6.08. The molecule has 1 N–H and O–H groups in total. The fourth-order valence-corrected chi connectivity index (χ4v) is 5.50. The Kier molecular flexibility index (Phi) is 4.55. The van der Waals surface area contributed by atoms with Crippen LogP contribution >= 0.6 is 11.3 Å². The Hall–Kier alpha value is -2.02. The van der Waals surface area contributed by atoms with E-state index in [4.69, 9.17) is 0 Å². The summed E-state index contributed by atoms with van der Waals surface area (Å²) in [4.78, 5) is 11.5. The maximum atomic E-state index is 10.9. The molecule has 1 saturated carbocycles. The number of aromatic nitrogens is 3. The first-order valence-corrected chi connectivity index (χ1v) is 10.5. The third-order valence-corrected chi connectivity index (χ3v) is 6.85. The second kappa shape index (κ2) is 7.19. The van der Waals surface area contributed by atoms with E-state index in [0.717, 1.165) is 43.9 Å². The highest BCUT2D eigenvalue weighted by Crippen LogP contribution is 2.42. The molecular weight excluding hydrogens is 356 g/mol. The van der Waals surface area contributed by atoms with Crippen molar-refractivity contribution >= 4 is 11.3 Å². The molecule has 1 aliphatic carbocycles. The molecule has 5 nitrogen and oxygen atoms in total. The van der Waals surface area contributed by atoms with Crippen molar-refractivity contribution in [1.29, 1.82) is 0 Å². The lowest BCUT2D eigenvalue weighted by molar-refractivity contribution is 0.0365. The highest BCUT2D eigenvalue weighted by molar-refractivity contribution is 7.09. The van der Waals surface area contributed by atoms with Gasteiger partial charge in [-0.15, -0.1) is 11.3 Å². The molecule has 3 aromatic rings. The Morgan fingerprint density at radius 3 is 2.63 bits per heavy atom. The molecule has 2 aliphatic rings. The summed E-state index contributed by atoms with van der Waals surface area (Å²) in [7, 11) is 0. The van der Waals surface area contributed by atoms with Crippen LogP contribution in [0.25, 0.3) is 11.4 Å². The van der Waals surface area contributed by atoms with Crippen LogP contribution in [0.5, 0.6) is 0 Å². The van der Waals surface area contributed by atoms with Gasteiger partial charge in [-0.05, 0) is 24.7 Å². The summed E-state index contributed by atoms with van der Waals surface area (Å²) in [6, 6.07) is 10.4. The average molecular weight is 381 g/mol. The number of aliphatic hydroxyl groups excluding tert-OH is 1. The van der Waals surface area contributed by atoms with Crippen LogP contribution in [0.15, 0.2) is 54.3 Å². The molecule has 0 amide bonds. The summed E-state index contributed by atoms with van der Waals surface area (Å²) in [6.07, 6.45) is 7.32. The van der Waals surface area contributed by atoms with Gasteiger partial charge in [0, 0.05) is 42.6 Å². The lowest BCUT2D eigenvalue weighted by Gasteiger charge is -2.36. The maximum absolute atomic E-state index is 10.9. The van der Waals surface area contributed by atoms with Crippen molar-refractivity contribution in [3.8, 4) is 11.4 Å². The first kappa shape index (κ1) is 17.1. The van der Waals surface area contributed by atoms with E-state index in [-0.39, 0.29) is 12.1 Å². The molecule has 0 bridgehead atoms. The highest BCUT2D eigenvalue weighted by atomic mass is 32.1. The number of benzene rings is 1. The summed E-state index contributed by atoms with van der Waals surface area (Å²) in [5.74, 6) is 2.17. The van der Waals surface area contributed by atoms with Gasteiger partial charge < -0.3 is 9.67 Å². The molecule has 1 aromatic carbocycles. The number of hydrogen-bond donors (Lipinski definition) is 1. The number of nitrogens with zero attached hydrogens (tertiary/aromatic N) is 4. The maximum Gasteiger partial charge on any atom is 0.140 e. The minimum Gasteiger partial charge on any atom is -0.391 e. The van der Waals surface area contributed by atoms with Gasteiger partial charge in [-0.1, -0.05) is 30.3 Å². The first-order valence-electron chi connectivity index (χ1n) is 9.65. The summed E-state index contributed by atoms with van der Waals surface area (Å²) >= 11 is 1.73. The highest BCUT2D eigenvalue weighted by Gasteiger charge is 2.42. The predicted octanol–water partition coefficient (Wildman–Crippen LogP) is 3.45. The van der Waals surface area contributed by atoms with Gasteiger partial charge in [-0.3, -0.25) is 4.90 Å². The largest absolute Gasteiger partial charge is 0.391 e. The Balaban J connectivity index is 1.34. The molecule has 4 atom stereocenters. The van der Waals surface area contributed by atoms with Crippen molar-refractivity contribution < 1.29 is 5.11 Å². The van der Waals surface area contributed by atoms with Crippen molar-refractivity contribution in [2.24, 2.45) is 11.8 Å². The third kappa shape index (κ3) is 3.33. The van der Waals surface area contributed by atoms with Crippen LogP contribution in [0.3, 0.4) is 0 Å². The first-order chi connectivity index (χ1) is 13.3. The second-order valence-corrected chi connectivity index (χ2v) is 8.75. The molecule has 0 unspecified atom stereocenters. The number of rotatable bonds is 4. The van der Waals surface area contributed by atoms with Crippen LogP contribution in [0, 0.1) is 11.8 Å². The van der Waals surface area contributed by atoms with Gasteiger partial charge in [-0.25, -0.2) is 9.97 Å². The van der Waals surface area contributed by atoms with Gasteiger partial charge in [-0.2, -0.15) is 0 Å². The number of aliphatic hydroxyl groups is 1. The van der Waals surface area contributed by atoms with Crippen molar-refractivity contribution in [1.82, 2.24) is 19.4 Å². The topological polar surface area (TPSA) is 54.2 Å². The number of imidazole rings is 1. The second-order valence-electron chi connectivity index (χ2n) is 7.77. The summed E-state index contributed by atoms with van der Waals surface area (Å²) in [6.45, 7) is 3.11. The number of likely N-dealkylation sites (tertiary alicyclic amines) is 1. The SMILES string of the molecule is O[C@H]1C[C@@H]2CN(Cc3nccs3)C[C@@H]2C[C@@H]1n1ccnc1-c1ccccc1. The zero-order valence-electron chi connectivity index (χ0n) is 15.2. The molecule has 6 heteroatoms. The summed E-state index contributed by atoms with van der Waals surface area (Å²) in [5.41, 5.74) is 1.11. The summed E-state index contributed by atoms with van der Waals surface area (Å²) < 4.78 is 2.19. The quantitative estimate of drug-likeness (QED) is 0.753. The zero-order valence-corrected chi connectivity index (χ0v) is 16.0. The number of fused-ring (bicyclic) bond motifs is 1. The van der Waals surface area contributed by atoms with Crippen LogP contribution in [0.1, 0.15) is 23.9 Å². The van der Waals surface area contributed by atoms with Gasteiger partial charge in [0.1, 0.15) is 10.8 Å². The monoisotopic (exact) mass is 380 g/mol. The van der Waals surface area contributed by atoms with E-state index in [1.165, 1.54) is 5.01 Å². The molecule has 140 valence electrons. The fourth-order valence-electron chi connectivity index (χ4n) is 4.85. The fraction of sp³-hybridized carbons (Fsp3) is 0.429. The molecule has 1 aliphatic heterocycles. The Bertz CT molecular complexity index is 879. The van der Waals surface area contributed by atoms with Gasteiger partial charge in [0.2, 0.25) is 0 Å².